The fourth-order valence-electron chi connectivity index (χ4n) is 3.67. The summed E-state index contributed by atoms with van der Waals surface area (Å²) in [5, 5.41) is 6.91. The molecule has 1 saturated heterocycles. The maximum absolute atomic E-state index is 12.4. The molecule has 1 atom stereocenters. The summed E-state index contributed by atoms with van der Waals surface area (Å²) in [6.07, 6.45) is 3.23. The van der Waals surface area contributed by atoms with Crippen LogP contribution in [0.15, 0.2) is 12.1 Å². The lowest BCUT2D eigenvalue weighted by molar-refractivity contribution is -0.123. The van der Waals surface area contributed by atoms with Crippen LogP contribution in [0.1, 0.15) is 31.7 Å². The van der Waals surface area contributed by atoms with E-state index in [2.05, 4.69) is 10.6 Å². The zero-order chi connectivity index (χ0) is 17.2. The van der Waals surface area contributed by atoms with Gasteiger partial charge in [0, 0.05) is 12.5 Å². The van der Waals surface area contributed by atoms with E-state index in [1.54, 1.807) is 7.11 Å². The second kappa shape index (κ2) is 8.47. The average molecular weight is 389 g/mol. The monoisotopic (exact) mass is 388 g/mol. The molecule has 1 aliphatic heterocycles. The minimum Gasteiger partial charge on any atom is -0.493 e. The van der Waals surface area contributed by atoms with Gasteiger partial charge < -0.3 is 20.1 Å². The third kappa shape index (κ3) is 4.33. The van der Waals surface area contributed by atoms with E-state index in [1.165, 1.54) is 0 Å². The van der Waals surface area contributed by atoms with E-state index < -0.39 is 0 Å². The number of methoxy groups -OCH3 is 1. The third-order valence-corrected chi connectivity index (χ3v) is 5.43. The topological polar surface area (TPSA) is 59.6 Å². The van der Waals surface area contributed by atoms with Crippen molar-refractivity contribution in [2.24, 2.45) is 11.3 Å². The molecule has 0 radical (unpaired) electrons. The summed E-state index contributed by atoms with van der Waals surface area (Å²) >= 11 is 6.27. The van der Waals surface area contributed by atoms with Crippen LogP contribution in [0.2, 0.25) is 5.02 Å². The Bertz CT molecular complexity index is 619. The molecule has 2 aliphatic rings. The van der Waals surface area contributed by atoms with E-state index in [9.17, 15) is 4.79 Å². The fraction of sp³-hybridized carbons (Fsp3) is 0.611. The number of benzene rings is 1. The molecule has 1 saturated carbocycles. The molecule has 1 unspecified atom stereocenters. The van der Waals surface area contributed by atoms with Crippen molar-refractivity contribution >= 4 is 29.9 Å². The van der Waals surface area contributed by atoms with E-state index >= 15 is 0 Å². The first kappa shape index (κ1) is 20.1. The highest BCUT2D eigenvalue weighted by molar-refractivity contribution is 6.32. The number of piperidine rings is 1. The Labute approximate surface area is 160 Å². The second-order valence-corrected chi connectivity index (χ2v) is 7.04. The summed E-state index contributed by atoms with van der Waals surface area (Å²) in [6, 6.07) is 3.69. The lowest BCUT2D eigenvalue weighted by atomic mass is 9.92. The van der Waals surface area contributed by atoms with Crippen LogP contribution in [0.4, 0.5) is 0 Å². The SMILES string of the molecule is CCOc1c(Cl)cc(CNC(=O)C2CC23CCNCC3)cc1OC.Cl. The minimum atomic E-state index is 0. The highest BCUT2D eigenvalue weighted by Gasteiger charge is 2.57. The lowest BCUT2D eigenvalue weighted by Crippen LogP contribution is -2.33. The van der Waals surface area contributed by atoms with Crippen molar-refractivity contribution in [1.82, 2.24) is 10.6 Å². The summed E-state index contributed by atoms with van der Waals surface area (Å²) in [7, 11) is 1.58. The maximum atomic E-state index is 12.4. The fourth-order valence-corrected chi connectivity index (χ4v) is 3.96. The molecule has 140 valence electrons. The number of nitrogens with one attached hydrogen (secondary N) is 2. The van der Waals surface area contributed by atoms with Gasteiger partial charge in [0.1, 0.15) is 0 Å². The van der Waals surface area contributed by atoms with E-state index in [0.29, 0.717) is 29.7 Å². The van der Waals surface area contributed by atoms with Gasteiger partial charge in [-0.2, -0.15) is 0 Å². The van der Waals surface area contributed by atoms with E-state index in [4.69, 9.17) is 21.1 Å². The number of carbonyl (C=O) groups excluding carboxylic acids is 1. The quantitative estimate of drug-likeness (QED) is 0.785. The molecule has 1 heterocycles. The van der Waals surface area contributed by atoms with Gasteiger partial charge in [-0.15, -0.1) is 12.4 Å². The molecular formula is C18H26Cl2N2O3. The van der Waals surface area contributed by atoms with Gasteiger partial charge in [0.25, 0.3) is 0 Å². The summed E-state index contributed by atoms with van der Waals surface area (Å²) in [6.45, 7) is 4.91. The molecule has 25 heavy (non-hydrogen) atoms. The Morgan fingerprint density at radius 1 is 1.40 bits per heavy atom. The standard InChI is InChI=1S/C18H25ClN2O3.ClH/c1-3-24-16-14(19)8-12(9-15(16)23-2)11-21-17(22)13-10-18(13)4-6-20-7-5-18;/h8-9,13,20H,3-7,10-11H2,1-2H3,(H,21,22);1H. The van der Waals surface area contributed by atoms with Crippen molar-refractivity contribution in [3.8, 4) is 11.5 Å². The highest BCUT2D eigenvalue weighted by Crippen LogP contribution is 2.58. The predicted octanol–water partition coefficient (Wildman–Crippen LogP) is 3.18. The van der Waals surface area contributed by atoms with Crippen LogP contribution < -0.4 is 20.1 Å². The van der Waals surface area contributed by atoms with Gasteiger partial charge in [-0.05, 0) is 62.4 Å². The van der Waals surface area contributed by atoms with Crippen LogP contribution in [0.5, 0.6) is 11.5 Å². The molecule has 0 aromatic heterocycles. The number of hydrogen-bond acceptors (Lipinski definition) is 4. The van der Waals surface area contributed by atoms with Gasteiger partial charge in [-0.1, -0.05) is 11.6 Å². The van der Waals surface area contributed by atoms with Gasteiger partial charge in [-0.3, -0.25) is 4.79 Å². The van der Waals surface area contributed by atoms with Crippen LogP contribution in [0, 0.1) is 11.3 Å². The Morgan fingerprint density at radius 3 is 2.76 bits per heavy atom. The number of ether oxygens (including phenoxy) is 2. The van der Waals surface area contributed by atoms with Crippen LogP contribution in [0.3, 0.4) is 0 Å². The number of rotatable bonds is 6. The van der Waals surface area contributed by atoms with Gasteiger partial charge in [0.15, 0.2) is 11.5 Å². The zero-order valence-corrected chi connectivity index (χ0v) is 16.3. The summed E-state index contributed by atoms with van der Waals surface area (Å²) in [5.41, 5.74) is 1.16. The van der Waals surface area contributed by atoms with Crippen LogP contribution in [-0.2, 0) is 11.3 Å². The molecule has 2 fully saturated rings. The molecule has 3 rings (SSSR count). The first-order valence-electron chi connectivity index (χ1n) is 8.57. The van der Waals surface area contributed by atoms with Gasteiger partial charge in [-0.25, -0.2) is 0 Å². The van der Waals surface area contributed by atoms with Crippen molar-refractivity contribution in [1.29, 1.82) is 0 Å². The highest BCUT2D eigenvalue weighted by atomic mass is 35.5. The second-order valence-electron chi connectivity index (χ2n) is 6.63. The molecule has 1 amide bonds. The van der Waals surface area contributed by atoms with E-state index in [1.807, 2.05) is 19.1 Å². The number of halogens is 2. The van der Waals surface area contributed by atoms with Crippen LogP contribution in [-0.4, -0.2) is 32.7 Å². The van der Waals surface area contributed by atoms with Crippen LogP contribution >= 0.6 is 24.0 Å². The molecule has 5 nitrogen and oxygen atoms in total. The normalized spacial score (nSPS) is 20.5. The lowest BCUT2D eigenvalue weighted by Gasteiger charge is -2.23. The van der Waals surface area contributed by atoms with Crippen molar-refractivity contribution in [2.45, 2.75) is 32.7 Å². The van der Waals surface area contributed by atoms with Crippen molar-refractivity contribution < 1.29 is 14.3 Å². The summed E-state index contributed by atoms with van der Waals surface area (Å²) in [5.74, 6) is 1.46. The molecule has 2 N–H and O–H groups in total. The van der Waals surface area contributed by atoms with Gasteiger partial charge >= 0.3 is 0 Å². The summed E-state index contributed by atoms with van der Waals surface area (Å²) < 4.78 is 10.9. The first-order valence-corrected chi connectivity index (χ1v) is 8.95. The van der Waals surface area contributed by atoms with E-state index in [0.717, 1.165) is 37.9 Å². The number of hydrogen-bond donors (Lipinski definition) is 2. The van der Waals surface area contributed by atoms with Gasteiger partial charge in [0.05, 0.1) is 18.7 Å². The average Bonchev–Trinajstić information content (AvgIpc) is 3.28. The number of carbonyl (C=O) groups is 1. The largest absolute Gasteiger partial charge is 0.493 e. The van der Waals surface area contributed by atoms with Crippen LogP contribution in [0.25, 0.3) is 0 Å². The molecular weight excluding hydrogens is 363 g/mol. The molecule has 1 aromatic carbocycles. The molecule has 0 bridgehead atoms. The Morgan fingerprint density at radius 2 is 2.12 bits per heavy atom. The third-order valence-electron chi connectivity index (χ3n) is 5.15. The smallest absolute Gasteiger partial charge is 0.223 e. The molecule has 1 spiro atoms. The molecule has 7 heteroatoms. The number of amides is 1. The Balaban J connectivity index is 0.00000225. The Hall–Kier alpha value is -1.17. The minimum absolute atomic E-state index is 0. The first-order chi connectivity index (χ1) is 11.6. The van der Waals surface area contributed by atoms with Crippen molar-refractivity contribution in [2.75, 3.05) is 26.8 Å². The predicted molar refractivity (Wildman–Crippen MR) is 101 cm³/mol. The Kier molecular flexibility index (Phi) is 6.83. The van der Waals surface area contributed by atoms with Crippen molar-refractivity contribution in [3.05, 3.63) is 22.7 Å². The molecule has 1 aromatic rings. The van der Waals surface area contributed by atoms with Gasteiger partial charge in [0.2, 0.25) is 5.91 Å². The zero-order valence-electron chi connectivity index (χ0n) is 14.7. The maximum Gasteiger partial charge on any atom is 0.223 e. The summed E-state index contributed by atoms with van der Waals surface area (Å²) in [4.78, 5) is 12.4. The van der Waals surface area contributed by atoms with Crippen molar-refractivity contribution in [3.63, 3.8) is 0 Å². The molecule has 1 aliphatic carbocycles. The van der Waals surface area contributed by atoms with E-state index in [-0.39, 0.29) is 29.6 Å².